The van der Waals surface area contributed by atoms with Crippen LogP contribution in [0.15, 0.2) is 0 Å². The van der Waals surface area contributed by atoms with E-state index in [1.807, 2.05) is 0 Å². The minimum atomic E-state index is -0.375. The van der Waals surface area contributed by atoms with Crippen molar-refractivity contribution in [3.05, 3.63) is 0 Å². The molecule has 0 bridgehead atoms. The van der Waals surface area contributed by atoms with E-state index in [1.165, 1.54) is 0 Å². The Balaban J connectivity index is 0.00000196. The number of rotatable bonds is 2. The Morgan fingerprint density at radius 3 is 2.53 bits per heavy atom. The van der Waals surface area contributed by atoms with Crippen LogP contribution in [0.1, 0.15) is 27.2 Å². The second-order valence-electron chi connectivity index (χ2n) is 5.13. The zero-order chi connectivity index (χ0) is 10.8. The third-order valence-corrected chi connectivity index (χ3v) is 2.22. The van der Waals surface area contributed by atoms with Gasteiger partial charge < -0.3 is 15.7 Å². The Bertz CT molecular complexity index is 216. The van der Waals surface area contributed by atoms with Crippen LogP contribution in [0.3, 0.4) is 0 Å². The van der Waals surface area contributed by atoms with Gasteiger partial charge in [0.05, 0.1) is 12.1 Å². The quantitative estimate of drug-likeness (QED) is 0.646. The largest absolute Gasteiger partial charge is 0.392 e. The monoisotopic (exact) mass is 236 g/mol. The number of hydrogen-bond acceptors (Lipinski definition) is 3. The van der Waals surface area contributed by atoms with Crippen LogP contribution in [-0.4, -0.2) is 36.2 Å². The number of aliphatic hydroxyl groups is 1. The fourth-order valence-electron chi connectivity index (χ4n) is 1.39. The summed E-state index contributed by atoms with van der Waals surface area (Å²) in [7, 11) is 0. The van der Waals surface area contributed by atoms with Crippen LogP contribution < -0.4 is 10.6 Å². The maximum absolute atomic E-state index is 11.6. The van der Waals surface area contributed by atoms with Gasteiger partial charge in [0.1, 0.15) is 0 Å². The molecule has 1 fully saturated rings. The van der Waals surface area contributed by atoms with Crippen LogP contribution in [0.5, 0.6) is 0 Å². The van der Waals surface area contributed by atoms with Crippen molar-refractivity contribution in [2.75, 3.05) is 13.1 Å². The third-order valence-electron chi connectivity index (χ3n) is 2.22. The molecule has 0 aliphatic carbocycles. The molecule has 0 radical (unpaired) electrons. The lowest BCUT2D eigenvalue weighted by atomic mass is 9.97. The highest BCUT2D eigenvalue weighted by Crippen LogP contribution is 2.11. The van der Waals surface area contributed by atoms with Crippen LogP contribution >= 0.6 is 12.4 Å². The molecular formula is C10H21ClN2O2. The average molecular weight is 237 g/mol. The molecular weight excluding hydrogens is 216 g/mol. The van der Waals surface area contributed by atoms with Gasteiger partial charge in [0.15, 0.2) is 0 Å². The van der Waals surface area contributed by atoms with Crippen LogP contribution in [-0.2, 0) is 4.79 Å². The first-order valence-electron chi connectivity index (χ1n) is 5.08. The Morgan fingerprint density at radius 2 is 2.13 bits per heavy atom. The van der Waals surface area contributed by atoms with Crippen molar-refractivity contribution in [1.82, 2.24) is 10.6 Å². The van der Waals surface area contributed by atoms with E-state index in [0.717, 1.165) is 0 Å². The van der Waals surface area contributed by atoms with Gasteiger partial charge in [-0.25, -0.2) is 0 Å². The van der Waals surface area contributed by atoms with Crippen molar-refractivity contribution in [3.8, 4) is 0 Å². The fourth-order valence-corrected chi connectivity index (χ4v) is 1.39. The summed E-state index contributed by atoms with van der Waals surface area (Å²) in [5.41, 5.74) is 0.104. The number of β-amino-alcohol motifs (C(OH)–C–C–N with tert-alkyl or cyclic N) is 1. The van der Waals surface area contributed by atoms with Crippen molar-refractivity contribution in [2.24, 2.45) is 5.41 Å². The number of nitrogens with one attached hydrogen (secondary N) is 2. The summed E-state index contributed by atoms with van der Waals surface area (Å²) in [4.78, 5) is 11.6. The molecule has 0 aromatic carbocycles. The zero-order valence-electron chi connectivity index (χ0n) is 9.54. The summed E-state index contributed by atoms with van der Waals surface area (Å²) in [5.74, 6) is -0.00326. The van der Waals surface area contributed by atoms with E-state index in [9.17, 15) is 9.90 Å². The Morgan fingerprint density at radius 1 is 1.53 bits per heavy atom. The summed E-state index contributed by atoms with van der Waals surface area (Å²) in [6.07, 6.45) is 0.149. The van der Waals surface area contributed by atoms with Gasteiger partial charge in [-0.1, -0.05) is 20.8 Å². The first kappa shape index (κ1) is 14.7. The van der Waals surface area contributed by atoms with Crippen LogP contribution in [0, 0.1) is 5.41 Å². The molecule has 5 heteroatoms. The molecule has 1 rings (SSSR count). The van der Waals surface area contributed by atoms with E-state index in [-0.39, 0.29) is 35.9 Å². The van der Waals surface area contributed by atoms with Crippen molar-refractivity contribution in [1.29, 1.82) is 0 Å². The molecule has 0 unspecified atom stereocenters. The molecule has 1 aliphatic rings. The lowest BCUT2D eigenvalue weighted by Crippen LogP contribution is -2.43. The van der Waals surface area contributed by atoms with E-state index in [2.05, 4.69) is 31.4 Å². The third kappa shape index (κ3) is 5.35. The first-order valence-corrected chi connectivity index (χ1v) is 5.08. The second kappa shape index (κ2) is 5.68. The first-order chi connectivity index (χ1) is 6.38. The van der Waals surface area contributed by atoms with Gasteiger partial charge in [0.2, 0.25) is 5.91 Å². The predicted molar refractivity (Wildman–Crippen MR) is 62.1 cm³/mol. The van der Waals surface area contributed by atoms with E-state index >= 15 is 0 Å². The highest BCUT2D eigenvalue weighted by Gasteiger charge is 2.28. The lowest BCUT2D eigenvalue weighted by molar-refractivity contribution is -0.123. The molecule has 1 aliphatic heterocycles. The summed E-state index contributed by atoms with van der Waals surface area (Å²) in [5, 5.41) is 15.1. The number of halogens is 1. The van der Waals surface area contributed by atoms with Crippen LogP contribution in [0.4, 0.5) is 0 Å². The summed E-state index contributed by atoms with van der Waals surface area (Å²) < 4.78 is 0. The van der Waals surface area contributed by atoms with Crippen molar-refractivity contribution in [2.45, 2.75) is 39.3 Å². The fraction of sp³-hybridized carbons (Fsp3) is 0.900. The molecule has 0 saturated carbocycles. The zero-order valence-corrected chi connectivity index (χ0v) is 10.4. The molecule has 3 N–H and O–H groups in total. The van der Waals surface area contributed by atoms with E-state index in [0.29, 0.717) is 19.5 Å². The number of carbonyl (C=O) groups excluding carboxylic acids is 1. The number of aliphatic hydroxyl groups excluding tert-OH is 1. The van der Waals surface area contributed by atoms with Crippen molar-refractivity contribution in [3.63, 3.8) is 0 Å². The molecule has 2 atom stereocenters. The Labute approximate surface area is 97.2 Å². The number of carbonyl (C=O) groups is 1. The topological polar surface area (TPSA) is 61.4 Å². The van der Waals surface area contributed by atoms with Crippen LogP contribution in [0.2, 0.25) is 0 Å². The molecule has 0 aromatic heterocycles. The molecule has 1 heterocycles. The lowest BCUT2D eigenvalue weighted by Gasteiger charge is -2.20. The van der Waals surface area contributed by atoms with E-state index in [4.69, 9.17) is 0 Å². The number of amides is 1. The summed E-state index contributed by atoms with van der Waals surface area (Å²) >= 11 is 0. The molecule has 4 nitrogen and oxygen atoms in total. The van der Waals surface area contributed by atoms with E-state index in [1.54, 1.807) is 0 Å². The van der Waals surface area contributed by atoms with Gasteiger partial charge in [-0.3, -0.25) is 4.79 Å². The molecule has 1 amide bonds. The highest BCUT2D eigenvalue weighted by atomic mass is 35.5. The Kier molecular flexibility index (Phi) is 5.56. The standard InChI is InChI=1S/C10H20N2O2.ClH/c1-10(2,3)6-12-9(14)8-4-7(13)5-11-8;/h7-8,11,13H,4-6H2,1-3H3,(H,12,14);1H/t7-,8-;/m1./s1. The smallest absolute Gasteiger partial charge is 0.237 e. The van der Waals surface area contributed by atoms with Gasteiger partial charge in [0.25, 0.3) is 0 Å². The second-order valence-corrected chi connectivity index (χ2v) is 5.13. The molecule has 1 saturated heterocycles. The molecule has 0 spiro atoms. The normalized spacial score (nSPS) is 25.9. The molecule has 90 valence electrons. The SMILES string of the molecule is CC(C)(C)CNC(=O)[C@H]1C[C@@H](O)CN1.Cl. The van der Waals surface area contributed by atoms with Crippen molar-refractivity contribution < 1.29 is 9.90 Å². The van der Waals surface area contributed by atoms with E-state index < -0.39 is 0 Å². The van der Waals surface area contributed by atoms with Crippen LogP contribution in [0.25, 0.3) is 0 Å². The van der Waals surface area contributed by atoms with Gasteiger partial charge >= 0.3 is 0 Å². The van der Waals surface area contributed by atoms with Gasteiger partial charge in [0, 0.05) is 13.1 Å². The minimum Gasteiger partial charge on any atom is -0.392 e. The minimum absolute atomic E-state index is 0. The summed E-state index contributed by atoms with van der Waals surface area (Å²) in [6, 6.07) is -0.215. The summed E-state index contributed by atoms with van der Waals surface area (Å²) in [6.45, 7) is 7.41. The predicted octanol–water partition coefficient (Wildman–Crippen LogP) is 0.293. The Hall–Kier alpha value is -0.320. The molecule has 15 heavy (non-hydrogen) atoms. The van der Waals surface area contributed by atoms with Gasteiger partial charge in [-0.05, 0) is 11.8 Å². The van der Waals surface area contributed by atoms with Gasteiger partial charge in [-0.15, -0.1) is 12.4 Å². The van der Waals surface area contributed by atoms with Gasteiger partial charge in [-0.2, -0.15) is 0 Å². The van der Waals surface area contributed by atoms with Crippen molar-refractivity contribution >= 4 is 18.3 Å². The number of hydrogen-bond donors (Lipinski definition) is 3. The maximum Gasteiger partial charge on any atom is 0.237 e. The average Bonchev–Trinajstić information content (AvgIpc) is 2.46. The maximum atomic E-state index is 11.6. The highest BCUT2D eigenvalue weighted by molar-refractivity contribution is 5.85. The molecule has 0 aromatic rings.